The number of benzene rings is 1. The molecule has 1 saturated carbocycles. The zero-order valence-corrected chi connectivity index (χ0v) is 11.0. The molecule has 0 saturated heterocycles. The van der Waals surface area contributed by atoms with Crippen LogP contribution in [-0.2, 0) is 5.41 Å². The number of hydrogen-bond donors (Lipinski definition) is 1. The van der Waals surface area contributed by atoms with E-state index in [1.54, 1.807) is 0 Å². The Morgan fingerprint density at radius 3 is 2.12 bits per heavy atom. The third-order valence-corrected chi connectivity index (χ3v) is 4.76. The summed E-state index contributed by atoms with van der Waals surface area (Å²) < 4.78 is 0. The summed E-state index contributed by atoms with van der Waals surface area (Å²) in [6.07, 6.45) is 1.10. The lowest BCUT2D eigenvalue weighted by Crippen LogP contribution is -2.21. The molecule has 1 aliphatic carbocycles. The van der Waals surface area contributed by atoms with Gasteiger partial charge in [-0.05, 0) is 54.9 Å². The highest BCUT2D eigenvalue weighted by Crippen LogP contribution is 2.64. The number of hydrogen-bond acceptors (Lipinski definition) is 1. The third kappa shape index (κ3) is 1.34. The van der Waals surface area contributed by atoms with E-state index in [1.165, 1.54) is 22.3 Å². The maximum absolute atomic E-state index is 9.73. The predicted octanol–water partition coefficient (Wildman–Crippen LogP) is 3.27. The van der Waals surface area contributed by atoms with Gasteiger partial charge in [0, 0.05) is 5.41 Å². The summed E-state index contributed by atoms with van der Waals surface area (Å²) in [5.74, 6) is 0. The van der Waals surface area contributed by atoms with Gasteiger partial charge >= 0.3 is 0 Å². The van der Waals surface area contributed by atoms with Crippen molar-refractivity contribution in [3.8, 4) is 0 Å². The van der Waals surface area contributed by atoms with Gasteiger partial charge in [-0.1, -0.05) is 26.0 Å². The van der Waals surface area contributed by atoms with Crippen molar-refractivity contribution >= 4 is 0 Å². The highest BCUT2D eigenvalue weighted by atomic mass is 16.3. The number of aliphatic hydroxyl groups is 1. The number of rotatable bonds is 2. The molecule has 0 spiro atoms. The summed E-state index contributed by atoms with van der Waals surface area (Å²) in [7, 11) is 0. The lowest BCUT2D eigenvalue weighted by molar-refractivity contribution is 0.231. The zero-order chi connectivity index (χ0) is 12.1. The molecule has 0 aromatic heterocycles. The Hall–Kier alpha value is -0.820. The molecule has 1 aliphatic rings. The summed E-state index contributed by atoms with van der Waals surface area (Å²) in [6.45, 7) is 11.3. The van der Waals surface area contributed by atoms with Crippen LogP contribution in [0, 0.1) is 26.2 Å². The van der Waals surface area contributed by atoms with Gasteiger partial charge in [0.1, 0.15) is 0 Å². The monoisotopic (exact) mass is 218 g/mol. The standard InChI is InChI=1S/C15H22O/c1-10-6-7-13(12(3)11(10)2)15(9-16)8-14(15,4)5/h6-7,16H,8-9H2,1-5H3. The van der Waals surface area contributed by atoms with E-state index in [9.17, 15) is 5.11 Å². The maximum atomic E-state index is 9.73. The second-order valence-corrected chi connectivity index (χ2v) is 5.98. The van der Waals surface area contributed by atoms with Crippen LogP contribution in [-0.4, -0.2) is 11.7 Å². The first-order valence-corrected chi connectivity index (χ1v) is 6.04. The summed E-state index contributed by atoms with van der Waals surface area (Å²) in [4.78, 5) is 0. The van der Waals surface area contributed by atoms with Crippen LogP contribution in [0.25, 0.3) is 0 Å². The van der Waals surface area contributed by atoms with Gasteiger partial charge in [0.2, 0.25) is 0 Å². The van der Waals surface area contributed by atoms with Gasteiger partial charge in [-0.15, -0.1) is 0 Å². The molecule has 0 amide bonds. The zero-order valence-electron chi connectivity index (χ0n) is 11.0. The van der Waals surface area contributed by atoms with Gasteiger partial charge in [-0.3, -0.25) is 0 Å². The molecular weight excluding hydrogens is 196 g/mol. The smallest absolute Gasteiger partial charge is 0.0533 e. The number of aryl methyl sites for hydroxylation is 1. The average Bonchev–Trinajstić information content (AvgIpc) is 2.79. The Morgan fingerprint density at radius 1 is 1.12 bits per heavy atom. The van der Waals surface area contributed by atoms with Crippen molar-refractivity contribution in [3.05, 3.63) is 34.4 Å². The van der Waals surface area contributed by atoms with E-state index < -0.39 is 0 Å². The minimum absolute atomic E-state index is 0.00947. The van der Waals surface area contributed by atoms with E-state index in [-0.39, 0.29) is 17.4 Å². The Bertz CT molecular complexity index is 431. The molecule has 0 bridgehead atoms. The van der Waals surface area contributed by atoms with Crippen LogP contribution in [0.4, 0.5) is 0 Å². The first-order chi connectivity index (χ1) is 7.35. The molecule has 1 aromatic carbocycles. The van der Waals surface area contributed by atoms with Gasteiger partial charge < -0.3 is 5.11 Å². The minimum atomic E-state index is 0.00947. The Labute approximate surface area is 98.5 Å². The van der Waals surface area contributed by atoms with Crippen LogP contribution >= 0.6 is 0 Å². The molecular formula is C15H22O. The molecule has 1 N–H and O–H groups in total. The van der Waals surface area contributed by atoms with Crippen molar-refractivity contribution in [3.63, 3.8) is 0 Å². The van der Waals surface area contributed by atoms with Crippen molar-refractivity contribution in [2.75, 3.05) is 6.61 Å². The molecule has 1 atom stereocenters. The maximum Gasteiger partial charge on any atom is 0.0533 e. The molecule has 1 heteroatoms. The van der Waals surface area contributed by atoms with E-state index in [0.717, 1.165) is 6.42 Å². The second kappa shape index (κ2) is 3.33. The van der Waals surface area contributed by atoms with Gasteiger partial charge in [0.25, 0.3) is 0 Å². The highest BCUT2D eigenvalue weighted by Gasteiger charge is 2.62. The molecule has 1 nitrogen and oxygen atoms in total. The van der Waals surface area contributed by atoms with E-state index in [4.69, 9.17) is 0 Å². The van der Waals surface area contributed by atoms with Gasteiger partial charge in [0.15, 0.2) is 0 Å². The molecule has 1 fully saturated rings. The van der Waals surface area contributed by atoms with E-state index in [0.29, 0.717) is 0 Å². The van der Waals surface area contributed by atoms with Crippen LogP contribution < -0.4 is 0 Å². The molecule has 1 unspecified atom stereocenters. The Kier molecular flexibility index (Phi) is 2.43. The quantitative estimate of drug-likeness (QED) is 0.807. The van der Waals surface area contributed by atoms with Gasteiger partial charge in [0.05, 0.1) is 6.61 Å². The van der Waals surface area contributed by atoms with Crippen molar-refractivity contribution in [2.45, 2.75) is 46.5 Å². The number of aliphatic hydroxyl groups excluding tert-OH is 1. The second-order valence-electron chi connectivity index (χ2n) is 5.98. The summed E-state index contributed by atoms with van der Waals surface area (Å²) >= 11 is 0. The normalized spacial score (nSPS) is 26.9. The van der Waals surface area contributed by atoms with E-state index >= 15 is 0 Å². The highest BCUT2D eigenvalue weighted by molar-refractivity contribution is 5.47. The Morgan fingerprint density at radius 2 is 1.69 bits per heavy atom. The van der Waals surface area contributed by atoms with Crippen LogP contribution in [0.15, 0.2) is 12.1 Å². The van der Waals surface area contributed by atoms with Crippen molar-refractivity contribution in [1.82, 2.24) is 0 Å². The molecule has 88 valence electrons. The minimum Gasteiger partial charge on any atom is -0.395 e. The SMILES string of the molecule is Cc1ccc(C2(CO)CC2(C)C)c(C)c1C. The molecule has 1 aromatic rings. The lowest BCUT2D eigenvalue weighted by Gasteiger charge is -2.22. The topological polar surface area (TPSA) is 20.2 Å². The van der Waals surface area contributed by atoms with Crippen molar-refractivity contribution in [1.29, 1.82) is 0 Å². The molecule has 2 rings (SSSR count). The third-order valence-electron chi connectivity index (χ3n) is 4.76. The first kappa shape index (κ1) is 11.7. The summed E-state index contributed by atoms with van der Waals surface area (Å²) in [5.41, 5.74) is 5.67. The van der Waals surface area contributed by atoms with E-state index in [1.807, 2.05) is 0 Å². The van der Waals surface area contributed by atoms with Crippen molar-refractivity contribution in [2.24, 2.45) is 5.41 Å². The fourth-order valence-electron chi connectivity index (χ4n) is 3.00. The molecule has 0 aliphatic heterocycles. The van der Waals surface area contributed by atoms with E-state index in [2.05, 4.69) is 46.8 Å². The van der Waals surface area contributed by atoms with Gasteiger partial charge in [-0.25, -0.2) is 0 Å². The first-order valence-electron chi connectivity index (χ1n) is 6.04. The fraction of sp³-hybridized carbons (Fsp3) is 0.600. The van der Waals surface area contributed by atoms with Crippen molar-refractivity contribution < 1.29 is 5.11 Å². The largest absolute Gasteiger partial charge is 0.395 e. The summed E-state index contributed by atoms with van der Waals surface area (Å²) in [5, 5.41) is 9.73. The lowest BCUT2D eigenvalue weighted by atomic mass is 9.83. The van der Waals surface area contributed by atoms with Crippen LogP contribution in [0.2, 0.25) is 0 Å². The molecule has 0 radical (unpaired) electrons. The molecule has 16 heavy (non-hydrogen) atoms. The van der Waals surface area contributed by atoms with Crippen LogP contribution in [0.1, 0.15) is 42.5 Å². The van der Waals surface area contributed by atoms with Gasteiger partial charge in [-0.2, -0.15) is 0 Å². The fourth-order valence-corrected chi connectivity index (χ4v) is 3.00. The van der Waals surface area contributed by atoms with Crippen LogP contribution in [0.5, 0.6) is 0 Å². The predicted molar refractivity (Wildman–Crippen MR) is 67.8 cm³/mol. The van der Waals surface area contributed by atoms with Crippen LogP contribution in [0.3, 0.4) is 0 Å². The molecule has 0 heterocycles. The Balaban J connectivity index is 2.54. The summed E-state index contributed by atoms with van der Waals surface area (Å²) in [6, 6.07) is 4.39. The average molecular weight is 218 g/mol.